The predicted octanol–water partition coefficient (Wildman–Crippen LogP) is 1.85. The standard InChI is InChI=1S/C12H24N2/c13-7-3-12-5-9-14(10-6-12)8-4-11-1-2-11/h11-12H,1-10,13H2. The first-order chi connectivity index (χ1) is 6.88. The smallest absolute Gasteiger partial charge is 0.00161 e. The molecular formula is C12H24N2. The molecule has 1 heterocycles. The Morgan fingerprint density at radius 2 is 1.57 bits per heavy atom. The van der Waals surface area contributed by atoms with Gasteiger partial charge in [-0.3, -0.25) is 0 Å². The molecule has 2 rings (SSSR count). The Balaban J connectivity index is 1.57. The van der Waals surface area contributed by atoms with Crippen molar-refractivity contribution < 1.29 is 0 Å². The van der Waals surface area contributed by atoms with Crippen molar-refractivity contribution >= 4 is 0 Å². The second kappa shape index (κ2) is 5.13. The first kappa shape index (κ1) is 10.4. The van der Waals surface area contributed by atoms with Gasteiger partial charge in [0.05, 0.1) is 0 Å². The zero-order valence-electron chi connectivity index (χ0n) is 9.25. The van der Waals surface area contributed by atoms with Crippen molar-refractivity contribution in [2.75, 3.05) is 26.2 Å². The van der Waals surface area contributed by atoms with Gasteiger partial charge < -0.3 is 10.6 Å². The molecule has 0 amide bonds. The Morgan fingerprint density at radius 3 is 2.14 bits per heavy atom. The molecular weight excluding hydrogens is 172 g/mol. The third kappa shape index (κ3) is 3.25. The van der Waals surface area contributed by atoms with E-state index < -0.39 is 0 Å². The van der Waals surface area contributed by atoms with Crippen molar-refractivity contribution in [3.63, 3.8) is 0 Å². The van der Waals surface area contributed by atoms with Crippen LogP contribution in [0.15, 0.2) is 0 Å². The molecule has 0 radical (unpaired) electrons. The van der Waals surface area contributed by atoms with Gasteiger partial charge in [-0.15, -0.1) is 0 Å². The van der Waals surface area contributed by atoms with Crippen LogP contribution in [0.25, 0.3) is 0 Å². The van der Waals surface area contributed by atoms with Crippen LogP contribution in [0.5, 0.6) is 0 Å². The van der Waals surface area contributed by atoms with Crippen molar-refractivity contribution in [2.45, 2.75) is 38.5 Å². The number of likely N-dealkylation sites (tertiary alicyclic amines) is 1. The molecule has 1 aliphatic heterocycles. The van der Waals surface area contributed by atoms with E-state index in [-0.39, 0.29) is 0 Å². The minimum absolute atomic E-state index is 0.882. The summed E-state index contributed by atoms with van der Waals surface area (Å²) in [5.41, 5.74) is 5.59. The summed E-state index contributed by atoms with van der Waals surface area (Å²) in [5, 5.41) is 0. The summed E-state index contributed by atoms with van der Waals surface area (Å²) in [6.07, 6.45) is 8.50. The van der Waals surface area contributed by atoms with Gasteiger partial charge in [-0.2, -0.15) is 0 Å². The van der Waals surface area contributed by atoms with Crippen molar-refractivity contribution in [1.82, 2.24) is 4.90 Å². The van der Waals surface area contributed by atoms with Crippen molar-refractivity contribution in [2.24, 2.45) is 17.6 Å². The van der Waals surface area contributed by atoms with Gasteiger partial charge in [0.25, 0.3) is 0 Å². The van der Waals surface area contributed by atoms with E-state index in [1.165, 1.54) is 58.2 Å². The minimum Gasteiger partial charge on any atom is -0.330 e. The molecule has 0 spiro atoms. The highest BCUT2D eigenvalue weighted by Gasteiger charge is 2.23. The summed E-state index contributed by atoms with van der Waals surface area (Å²) in [4.78, 5) is 2.66. The van der Waals surface area contributed by atoms with Crippen molar-refractivity contribution in [1.29, 1.82) is 0 Å². The highest BCUT2D eigenvalue weighted by molar-refractivity contribution is 4.77. The summed E-state index contributed by atoms with van der Waals surface area (Å²) in [6, 6.07) is 0. The van der Waals surface area contributed by atoms with Crippen LogP contribution in [0, 0.1) is 11.8 Å². The van der Waals surface area contributed by atoms with Gasteiger partial charge in [-0.05, 0) is 63.7 Å². The highest BCUT2D eigenvalue weighted by atomic mass is 15.1. The molecule has 0 unspecified atom stereocenters. The van der Waals surface area contributed by atoms with Crippen LogP contribution in [-0.2, 0) is 0 Å². The number of hydrogen-bond donors (Lipinski definition) is 1. The Kier molecular flexibility index (Phi) is 3.82. The Bertz CT molecular complexity index is 158. The third-order valence-corrected chi connectivity index (χ3v) is 3.83. The molecule has 14 heavy (non-hydrogen) atoms. The number of rotatable bonds is 5. The molecule has 1 aliphatic carbocycles. The lowest BCUT2D eigenvalue weighted by atomic mass is 9.93. The maximum atomic E-state index is 5.59. The van der Waals surface area contributed by atoms with E-state index in [4.69, 9.17) is 5.73 Å². The van der Waals surface area contributed by atoms with Gasteiger partial charge in [-0.25, -0.2) is 0 Å². The van der Waals surface area contributed by atoms with E-state index in [1.54, 1.807) is 0 Å². The largest absolute Gasteiger partial charge is 0.330 e. The SMILES string of the molecule is NCCC1CCN(CCC2CC2)CC1. The summed E-state index contributed by atoms with van der Waals surface area (Å²) in [6.45, 7) is 4.90. The maximum absolute atomic E-state index is 5.59. The van der Waals surface area contributed by atoms with E-state index >= 15 is 0 Å². The lowest BCUT2D eigenvalue weighted by molar-refractivity contribution is 0.176. The van der Waals surface area contributed by atoms with E-state index in [0.29, 0.717) is 0 Å². The van der Waals surface area contributed by atoms with Gasteiger partial charge in [0.2, 0.25) is 0 Å². The molecule has 2 nitrogen and oxygen atoms in total. The van der Waals surface area contributed by atoms with Crippen molar-refractivity contribution in [3.05, 3.63) is 0 Å². The van der Waals surface area contributed by atoms with Crippen LogP contribution in [0.2, 0.25) is 0 Å². The van der Waals surface area contributed by atoms with E-state index in [0.717, 1.165) is 18.4 Å². The summed E-state index contributed by atoms with van der Waals surface area (Å²) >= 11 is 0. The second-order valence-corrected chi connectivity index (χ2v) is 5.09. The molecule has 1 saturated heterocycles. The summed E-state index contributed by atoms with van der Waals surface area (Å²) < 4.78 is 0. The first-order valence-electron chi connectivity index (χ1n) is 6.31. The van der Waals surface area contributed by atoms with E-state index in [2.05, 4.69) is 4.90 Å². The lowest BCUT2D eigenvalue weighted by Crippen LogP contribution is -2.35. The molecule has 2 aliphatic rings. The first-order valence-corrected chi connectivity index (χ1v) is 6.31. The Morgan fingerprint density at radius 1 is 0.929 bits per heavy atom. The molecule has 0 aromatic heterocycles. The molecule has 82 valence electrons. The summed E-state index contributed by atoms with van der Waals surface area (Å²) in [7, 11) is 0. The molecule has 2 N–H and O–H groups in total. The molecule has 2 heteroatoms. The fourth-order valence-electron chi connectivity index (χ4n) is 2.51. The molecule has 2 fully saturated rings. The lowest BCUT2D eigenvalue weighted by Gasteiger charge is -2.31. The van der Waals surface area contributed by atoms with Gasteiger partial charge in [-0.1, -0.05) is 12.8 Å². The maximum Gasteiger partial charge on any atom is -0.00161 e. The number of piperidine rings is 1. The molecule has 0 aromatic carbocycles. The second-order valence-electron chi connectivity index (χ2n) is 5.09. The molecule has 1 saturated carbocycles. The average molecular weight is 196 g/mol. The molecule has 0 atom stereocenters. The normalized spacial score (nSPS) is 25.5. The van der Waals surface area contributed by atoms with Gasteiger partial charge in [0.1, 0.15) is 0 Å². The quantitative estimate of drug-likeness (QED) is 0.727. The Hall–Kier alpha value is -0.0800. The van der Waals surface area contributed by atoms with Crippen LogP contribution in [0.1, 0.15) is 38.5 Å². The monoisotopic (exact) mass is 196 g/mol. The number of nitrogens with two attached hydrogens (primary N) is 1. The van der Waals surface area contributed by atoms with Crippen LogP contribution < -0.4 is 5.73 Å². The summed E-state index contributed by atoms with van der Waals surface area (Å²) in [5.74, 6) is 2.02. The zero-order chi connectivity index (χ0) is 9.80. The third-order valence-electron chi connectivity index (χ3n) is 3.83. The van der Waals surface area contributed by atoms with E-state index in [9.17, 15) is 0 Å². The topological polar surface area (TPSA) is 29.3 Å². The Labute approximate surface area is 87.8 Å². The fraction of sp³-hybridized carbons (Fsp3) is 1.00. The van der Waals surface area contributed by atoms with Gasteiger partial charge in [0, 0.05) is 0 Å². The minimum atomic E-state index is 0.882. The predicted molar refractivity (Wildman–Crippen MR) is 60.2 cm³/mol. The number of nitrogens with zero attached hydrogens (tertiary/aromatic N) is 1. The van der Waals surface area contributed by atoms with Crippen molar-refractivity contribution in [3.8, 4) is 0 Å². The van der Waals surface area contributed by atoms with Crippen LogP contribution in [0.3, 0.4) is 0 Å². The number of hydrogen-bond acceptors (Lipinski definition) is 2. The average Bonchev–Trinajstić information content (AvgIpc) is 3.01. The van der Waals surface area contributed by atoms with Gasteiger partial charge in [0.15, 0.2) is 0 Å². The van der Waals surface area contributed by atoms with E-state index in [1.807, 2.05) is 0 Å². The van der Waals surface area contributed by atoms with Gasteiger partial charge >= 0.3 is 0 Å². The zero-order valence-corrected chi connectivity index (χ0v) is 9.25. The fourth-order valence-corrected chi connectivity index (χ4v) is 2.51. The van der Waals surface area contributed by atoms with Crippen LogP contribution >= 0.6 is 0 Å². The highest BCUT2D eigenvalue weighted by Crippen LogP contribution is 2.32. The van der Waals surface area contributed by atoms with Crippen LogP contribution in [-0.4, -0.2) is 31.1 Å². The van der Waals surface area contributed by atoms with Crippen LogP contribution in [0.4, 0.5) is 0 Å². The molecule has 0 aromatic rings. The molecule has 0 bridgehead atoms.